The van der Waals surface area contributed by atoms with E-state index in [1.807, 2.05) is 6.92 Å². The van der Waals surface area contributed by atoms with E-state index in [9.17, 15) is 9.90 Å². The second-order valence-corrected chi connectivity index (χ2v) is 5.68. The molecule has 5 nitrogen and oxygen atoms in total. The summed E-state index contributed by atoms with van der Waals surface area (Å²) in [7, 11) is 1.74. The zero-order chi connectivity index (χ0) is 13.2. The molecule has 0 spiro atoms. The minimum absolute atomic E-state index is 0.0279. The van der Waals surface area contributed by atoms with Crippen molar-refractivity contribution in [1.82, 2.24) is 4.90 Å². The number of aliphatic hydroxyl groups is 1. The maximum atomic E-state index is 12.3. The lowest BCUT2D eigenvalue weighted by atomic mass is 9.93. The molecule has 0 aromatic heterocycles. The van der Waals surface area contributed by atoms with Crippen LogP contribution in [-0.2, 0) is 14.3 Å². The van der Waals surface area contributed by atoms with Crippen LogP contribution in [0.2, 0.25) is 0 Å². The molecule has 1 unspecified atom stereocenters. The minimum Gasteiger partial charge on any atom is -0.388 e. The Labute approximate surface area is 108 Å². The SMILES string of the molecule is CN(CC1(O)CCOCC1)C(=O)C1(C)CCCO1. The molecule has 2 saturated heterocycles. The predicted molar refractivity (Wildman–Crippen MR) is 66.2 cm³/mol. The third-order valence-electron chi connectivity index (χ3n) is 3.97. The normalized spacial score (nSPS) is 31.3. The lowest BCUT2D eigenvalue weighted by molar-refractivity contribution is -0.155. The van der Waals surface area contributed by atoms with Crippen LogP contribution in [0.3, 0.4) is 0 Å². The first-order valence-corrected chi connectivity index (χ1v) is 6.65. The van der Waals surface area contributed by atoms with E-state index in [1.54, 1.807) is 11.9 Å². The molecule has 0 saturated carbocycles. The van der Waals surface area contributed by atoms with Crippen molar-refractivity contribution in [2.24, 2.45) is 0 Å². The van der Waals surface area contributed by atoms with E-state index >= 15 is 0 Å². The maximum Gasteiger partial charge on any atom is 0.254 e. The van der Waals surface area contributed by atoms with E-state index in [0.29, 0.717) is 39.2 Å². The minimum atomic E-state index is -0.808. The first-order valence-electron chi connectivity index (χ1n) is 6.65. The highest BCUT2D eigenvalue weighted by atomic mass is 16.5. The summed E-state index contributed by atoms with van der Waals surface area (Å²) in [5.41, 5.74) is -1.51. The fourth-order valence-electron chi connectivity index (χ4n) is 2.77. The highest BCUT2D eigenvalue weighted by Crippen LogP contribution is 2.28. The van der Waals surface area contributed by atoms with Crippen molar-refractivity contribution in [3.8, 4) is 0 Å². The van der Waals surface area contributed by atoms with Crippen molar-refractivity contribution in [2.75, 3.05) is 33.4 Å². The van der Waals surface area contributed by atoms with Gasteiger partial charge in [-0.2, -0.15) is 0 Å². The second kappa shape index (κ2) is 5.15. The third-order valence-corrected chi connectivity index (χ3v) is 3.97. The number of carbonyl (C=O) groups excluding carboxylic acids is 1. The molecule has 1 atom stereocenters. The highest BCUT2D eigenvalue weighted by molar-refractivity contribution is 5.85. The number of likely N-dealkylation sites (N-methyl/N-ethyl adjacent to an activating group) is 1. The van der Waals surface area contributed by atoms with E-state index in [1.165, 1.54) is 0 Å². The smallest absolute Gasteiger partial charge is 0.254 e. The van der Waals surface area contributed by atoms with Gasteiger partial charge in [0.15, 0.2) is 0 Å². The van der Waals surface area contributed by atoms with Crippen molar-refractivity contribution in [2.45, 2.75) is 43.8 Å². The number of amides is 1. The van der Waals surface area contributed by atoms with Gasteiger partial charge in [0.25, 0.3) is 5.91 Å². The molecule has 2 rings (SSSR count). The van der Waals surface area contributed by atoms with Gasteiger partial charge in [0.05, 0.1) is 5.60 Å². The summed E-state index contributed by atoms with van der Waals surface area (Å²) < 4.78 is 10.8. The molecule has 1 amide bonds. The van der Waals surface area contributed by atoms with Crippen molar-refractivity contribution < 1.29 is 19.4 Å². The molecule has 18 heavy (non-hydrogen) atoms. The van der Waals surface area contributed by atoms with Gasteiger partial charge in [-0.3, -0.25) is 4.79 Å². The van der Waals surface area contributed by atoms with Gasteiger partial charge >= 0.3 is 0 Å². The number of hydrogen-bond donors (Lipinski definition) is 1. The first-order chi connectivity index (χ1) is 8.45. The number of ether oxygens (including phenoxy) is 2. The zero-order valence-electron chi connectivity index (χ0n) is 11.3. The Hall–Kier alpha value is -0.650. The molecule has 0 radical (unpaired) electrons. The zero-order valence-corrected chi connectivity index (χ0v) is 11.3. The van der Waals surface area contributed by atoms with E-state index in [2.05, 4.69) is 0 Å². The fraction of sp³-hybridized carbons (Fsp3) is 0.923. The van der Waals surface area contributed by atoms with Crippen LogP contribution >= 0.6 is 0 Å². The average Bonchev–Trinajstić information content (AvgIpc) is 2.77. The Balaban J connectivity index is 1.94. The molecule has 0 aliphatic carbocycles. The summed E-state index contributed by atoms with van der Waals surface area (Å²) in [4.78, 5) is 13.9. The van der Waals surface area contributed by atoms with E-state index in [4.69, 9.17) is 9.47 Å². The Kier molecular flexibility index (Phi) is 3.94. The Morgan fingerprint density at radius 2 is 1.94 bits per heavy atom. The van der Waals surface area contributed by atoms with E-state index < -0.39 is 11.2 Å². The van der Waals surface area contributed by atoms with Gasteiger partial charge in [0, 0.05) is 46.3 Å². The Bertz CT molecular complexity index is 306. The largest absolute Gasteiger partial charge is 0.388 e. The molecule has 2 aliphatic rings. The van der Waals surface area contributed by atoms with Crippen LogP contribution < -0.4 is 0 Å². The summed E-state index contributed by atoms with van der Waals surface area (Å²) in [6.45, 7) is 3.97. The number of hydrogen-bond acceptors (Lipinski definition) is 4. The maximum absolute atomic E-state index is 12.3. The summed E-state index contributed by atoms with van der Waals surface area (Å²) in [5, 5.41) is 10.4. The molecule has 2 aliphatic heterocycles. The van der Waals surface area contributed by atoms with Crippen LogP contribution in [0, 0.1) is 0 Å². The standard InChI is InChI=1S/C13H23NO4/c1-12(4-3-7-18-12)11(15)14(2)10-13(16)5-8-17-9-6-13/h16H,3-10H2,1-2H3. The van der Waals surface area contributed by atoms with Crippen LogP contribution in [0.25, 0.3) is 0 Å². The molecular weight excluding hydrogens is 234 g/mol. The molecule has 0 aromatic rings. The van der Waals surface area contributed by atoms with Gasteiger partial charge in [-0.25, -0.2) is 0 Å². The van der Waals surface area contributed by atoms with Crippen LogP contribution in [0.4, 0.5) is 0 Å². The topological polar surface area (TPSA) is 59.0 Å². The van der Waals surface area contributed by atoms with Gasteiger partial charge in [-0.15, -0.1) is 0 Å². The number of rotatable bonds is 3. The monoisotopic (exact) mass is 257 g/mol. The lowest BCUT2D eigenvalue weighted by Crippen LogP contribution is -2.52. The Morgan fingerprint density at radius 1 is 1.28 bits per heavy atom. The lowest BCUT2D eigenvalue weighted by Gasteiger charge is -2.37. The molecule has 2 fully saturated rings. The van der Waals surface area contributed by atoms with Crippen LogP contribution in [0.15, 0.2) is 0 Å². The fourth-order valence-corrected chi connectivity index (χ4v) is 2.77. The van der Waals surface area contributed by atoms with Gasteiger partial charge in [0.2, 0.25) is 0 Å². The predicted octanol–water partition coefficient (Wildman–Crippen LogP) is 0.555. The van der Waals surface area contributed by atoms with Crippen LogP contribution in [0.1, 0.15) is 32.6 Å². The number of carbonyl (C=O) groups is 1. The second-order valence-electron chi connectivity index (χ2n) is 5.68. The van der Waals surface area contributed by atoms with E-state index in [0.717, 1.165) is 12.8 Å². The van der Waals surface area contributed by atoms with Crippen molar-refractivity contribution in [3.63, 3.8) is 0 Å². The molecule has 1 N–H and O–H groups in total. The molecule has 0 aromatic carbocycles. The van der Waals surface area contributed by atoms with Crippen molar-refractivity contribution >= 4 is 5.91 Å². The van der Waals surface area contributed by atoms with Crippen LogP contribution in [-0.4, -0.2) is 60.5 Å². The number of nitrogens with zero attached hydrogens (tertiary/aromatic N) is 1. The Morgan fingerprint density at radius 3 is 2.50 bits per heavy atom. The van der Waals surface area contributed by atoms with Crippen molar-refractivity contribution in [3.05, 3.63) is 0 Å². The molecule has 2 heterocycles. The first kappa shape index (κ1) is 13.8. The summed E-state index contributed by atoms with van der Waals surface area (Å²) in [6.07, 6.45) is 2.86. The molecule has 104 valence electrons. The van der Waals surface area contributed by atoms with Gasteiger partial charge in [0.1, 0.15) is 5.60 Å². The van der Waals surface area contributed by atoms with Crippen LogP contribution in [0.5, 0.6) is 0 Å². The summed E-state index contributed by atoms with van der Waals surface area (Å²) in [5.74, 6) is -0.0279. The molecular formula is C13H23NO4. The van der Waals surface area contributed by atoms with Gasteiger partial charge in [-0.1, -0.05) is 0 Å². The van der Waals surface area contributed by atoms with Crippen molar-refractivity contribution in [1.29, 1.82) is 0 Å². The molecule has 0 bridgehead atoms. The third kappa shape index (κ3) is 2.84. The highest BCUT2D eigenvalue weighted by Gasteiger charge is 2.42. The summed E-state index contributed by atoms with van der Waals surface area (Å²) in [6, 6.07) is 0. The van der Waals surface area contributed by atoms with Gasteiger partial charge < -0.3 is 19.5 Å². The molecule has 5 heteroatoms. The average molecular weight is 257 g/mol. The quantitative estimate of drug-likeness (QED) is 0.802. The van der Waals surface area contributed by atoms with Gasteiger partial charge in [-0.05, 0) is 19.8 Å². The summed E-state index contributed by atoms with van der Waals surface area (Å²) >= 11 is 0. The van der Waals surface area contributed by atoms with E-state index in [-0.39, 0.29) is 5.91 Å².